The summed E-state index contributed by atoms with van der Waals surface area (Å²) in [5, 5.41) is 15.4. The van der Waals surface area contributed by atoms with Gasteiger partial charge >= 0.3 is 0 Å². The monoisotopic (exact) mass is 487 g/mol. The van der Waals surface area contributed by atoms with E-state index in [0.29, 0.717) is 19.5 Å². The molecule has 2 unspecified atom stereocenters. The van der Waals surface area contributed by atoms with Gasteiger partial charge in [-0.1, -0.05) is 30.3 Å². The number of thioether (sulfide) groups is 1. The summed E-state index contributed by atoms with van der Waals surface area (Å²) >= 11 is 1.70. The molecule has 0 radical (unpaired) electrons. The van der Waals surface area contributed by atoms with Crippen LogP contribution in [0, 0.1) is 11.8 Å². The average molecular weight is 488 g/mol. The van der Waals surface area contributed by atoms with E-state index >= 15 is 0 Å². The number of fused-ring (bicyclic) bond motifs is 1. The van der Waals surface area contributed by atoms with Crippen LogP contribution in [0.1, 0.15) is 58.4 Å². The van der Waals surface area contributed by atoms with Crippen molar-refractivity contribution in [2.75, 3.05) is 13.2 Å². The van der Waals surface area contributed by atoms with Crippen molar-refractivity contribution in [2.45, 2.75) is 81.0 Å². The summed E-state index contributed by atoms with van der Waals surface area (Å²) in [7, 11) is 0. The Balaban J connectivity index is 1.57. The van der Waals surface area contributed by atoms with Crippen molar-refractivity contribution in [3.63, 3.8) is 0 Å². The smallest absolute Gasteiger partial charge is 0.244 e. The number of unbranched alkanes of at least 4 members (excludes halogenated alkanes) is 2. The molecule has 3 aliphatic rings. The van der Waals surface area contributed by atoms with E-state index in [1.165, 1.54) is 0 Å². The van der Waals surface area contributed by atoms with E-state index in [9.17, 15) is 14.4 Å². The first kappa shape index (κ1) is 25.0. The first-order valence-electron chi connectivity index (χ1n) is 12.4. The Labute approximate surface area is 206 Å². The normalized spacial score (nSPS) is 29.9. The number of nitrogens with zero attached hydrogens (tertiary/aromatic N) is 1. The molecule has 0 aromatic heterocycles. The zero-order valence-electron chi connectivity index (χ0n) is 20.4. The predicted molar refractivity (Wildman–Crippen MR) is 133 cm³/mol. The van der Waals surface area contributed by atoms with Crippen LogP contribution in [0.4, 0.5) is 0 Å². The van der Waals surface area contributed by atoms with Crippen LogP contribution in [0.5, 0.6) is 0 Å². The summed E-state index contributed by atoms with van der Waals surface area (Å²) in [6.07, 6.45) is 3.82. The molecular weight excluding hydrogens is 450 g/mol. The van der Waals surface area contributed by atoms with Gasteiger partial charge in [0.25, 0.3) is 0 Å². The standard InChI is InChI=1S/C26H37N3O4S/c1-25(2,3)28-23(32)21-26-13-12-18(34-26)19(22(31)27-16-17-10-6-4-7-11-17)20(26)24(33)29(21)14-8-5-9-15-30/h4,6-7,10-11,18-21,30H,5,8-9,12-16H2,1-3H3,(H,27,31)(H,28,32)/t18-,19+,20-,21?,26?/m0/s1. The fraction of sp³-hybridized carbons (Fsp3) is 0.654. The van der Waals surface area contributed by atoms with E-state index < -0.39 is 28.2 Å². The van der Waals surface area contributed by atoms with E-state index in [4.69, 9.17) is 5.11 Å². The van der Waals surface area contributed by atoms with Crippen LogP contribution >= 0.6 is 11.8 Å². The summed E-state index contributed by atoms with van der Waals surface area (Å²) in [4.78, 5) is 42.5. The first-order valence-corrected chi connectivity index (χ1v) is 13.3. The van der Waals surface area contributed by atoms with Crippen LogP contribution in [0.25, 0.3) is 0 Å². The lowest BCUT2D eigenvalue weighted by molar-refractivity contribution is -0.140. The summed E-state index contributed by atoms with van der Waals surface area (Å²) in [6, 6.07) is 9.20. The largest absolute Gasteiger partial charge is 0.396 e. The lowest BCUT2D eigenvalue weighted by Crippen LogP contribution is -2.57. The highest BCUT2D eigenvalue weighted by Gasteiger charge is 2.73. The minimum Gasteiger partial charge on any atom is -0.396 e. The minimum absolute atomic E-state index is 0.0613. The molecular formula is C26H37N3O4S. The van der Waals surface area contributed by atoms with Gasteiger partial charge in [-0.3, -0.25) is 14.4 Å². The summed E-state index contributed by atoms with van der Waals surface area (Å²) < 4.78 is -0.553. The molecule has 3 fully saturated rings. The summed E-state index contributed by atoms with van der Waals surface area (Å²) in [5.74, 6) is -1.15. The molecule has 1 aromatic carbocycles. The number of likely N-dealkylation sites (tertiary alicyclic amines) is 1. The number of hydrogen-bond acceptors (Lipinski definition) is 5. The van der Waals surface area contributed by atoms with Crippen LogP contribution in [0.3, 0.4) is 0 Å². The van der Waals surface area contributed by atoms with E-state index in [1.54, 1.807) is 16.7 Å². The molecule has 3 saturated heterocycles. The summed E-state index contributed by atoms with van der Waals surface area (Å²) in [6.45, 7) is 6.86. The number of benzene rings is 1. The Morgan fingerprint density at radius 3 is 2.56 bits per heavy atom. The zero-order chi connectivity index (χ0) is 24.5. The van der Waals surface area contributed by atoms with Crippen LogP contribution in [-0.2, 0) is 20.9 Å². The summed E-state index contributed by atoms with van der Waals surface area (Å²) in [5.41, 5.74) is 0.609. The Bertz CT molecular complexity index is 918. The van der Waals surface area contributed by atoms with Crippen LogP contribution < -0.4 is 10.6 Å². The van der Waals surface area contributed by atoms with Crippen molar-refractivity contribution in [3.8, 4) is 0 Å². The van der Waals surface area contributed by atoms with Crippen molar-refractivity contribution in [3.05, 3.63) is 35.9 Å². The maximum Gasteiger partial charge on any atom is 0.244 e. The molecule has 7 nitrogen and oxygen atoms in total. The first-order chi connectivity index (χ1) is 16.2. The van der Waals surface area contributed by atoms with E-state index in [2.05, 4.69) is 10.6 Å². The van der Waals surface area contributed by atoms with Gasteiger partial charge in [0.15, 0.2) is 0 Å². The van der Waals surface area contributed by atoms with Gasteiger partial charge in [0.2, 0.25) is 17.7 Å². The Morgan fingerprint density at radius 2 is 1.88 bits per heavy atom. The number of carbonyl (C=O) groups is 3. The Kier molecular flexibility index (Phi) is 7.29. The van der Waals surface area contributed by atoms with E-state index in [1.807, 2.05) is 51.1 Å². The molecule has 186 valence electrons. The third-order valence-corrected chi connectivity index (χ3v) is 9.17. The Hall–Kier alpha value is -2.06. The molecule has 4 rings (SSSR count). The maximum absolute atomic E-state index is 13.8. The number of nitrogens with one attached hydrogen (secondary N) is 2. The van der Waals surface area contributed by atoms with E-state index in [0.717, 1.165) is 31.2 Å². The van der Waals surface area contributed by atoms with Crippen molar-refractivity contribution >= 4 is 29.5 Å². The molecule has 34 heavy (non-hydrogen) atoms. The molecule has 1 spiro atoms. The van der Waals surface area contributed by atoms with Gasteiger partial charge in [-0.05, 0) is 58.4 Å². The predicted octanol–water partition coefficient (Wildman–Crippen LogP) is 2.47. The van der Waals surface area contributed by atoms with Crippen LogP contribution in [-0.4, -0.2) is 62.5 Å². The van der Waals surface area contributed by atoms with Crippen molar-refractivity contribution in [2.24, 2.45) is 11.8 Å². The molecule has 5 atom stereocenters. The van der Waals surface area contributed by atoms with Gasteiger partial charge in [-0.25, -0.2) is 0 Å². The van der Waals surface area contributed by atoms with Crippen molar-refractivity contribution in [1.82, 2.24) is 15.5 Å². The lowest BCUT2D eigenvalue weighted by Gasteiger charge is -2.36. The number of amides is 3. The molecule has 3 amide bonds. The van der Waals surface area contributed by atoms with Crippen LogP contribution in [0.15, 0.2) is 30.3 Å². The fourth-order valence-electron chi connectivity index (χ4n) is 5.91. The molecule has 3 heterocycles. The highest BCUT2D eigenvalue weighted by Crippen LogP contribution is 2.66. The van der Waals surface area contributed by atoms with E-state index in [-0.39, 0.29) is 29.6 Å². The second-order valence-electron chi connectivity index (χ2n) is 10.8. The van der Waals surface area contributed by atoms with Crippen molar-refractivity contribution in [1.29, 1.82) is 0 Å². The molecule has 8 heteroatoms. The highest BCUT2D eigenvalue weighted by molar-refractivity contribution is 8.02. The second kappa shape index (κ2) is 9.90. The van der Waals surface area contributed by atoms with Crippen molar-refractivity contribution < 1.29 is 19.5 Å². The highest BCUT2D eigenvalue weighted by atomic mass is 32.2. The number of aliphatic hydroxyl groups is 1. The molecule has 3 N–H and O–H groups in total. The third-order valence-electron chi connectivity index (χ3n) is 7.22. The van der Waals surface area contributed by atoms with Gasteiger partial charge in [0.05, 0.1) is 16.6 Å². The number of aliphatic hydroxyl groups excluding tert-OH is 1. The number of rotatable bonds is 9. The van der Waals surface area contributed by atoms with Gasteiger partial charge in [-0.2, -0.15) is 0 Å². The second-order valence-corrected chi connectivity index (χ2v) is 12.4. The minimum atomic E-state index is -0.569. The van der Waals surface area contributed by atoms with Gasteiger partial charge in [0.1, 0.15) is 6.04 Å². The Morgan fingerprint density at radius 1 is 1.15 bits per heavy atom. The maximum atomic E-state index is 13.8. The van der Waals surface area contributed by atoms with Gasteiger partial charge in [-0.15, -0.1) is 11.8 Å². The quantitative estimate of drug-likeness (QED) is 0.465. The number of carbonyl (C=O) groups excluding carboxylic acids is 3. The molecule has 0 saturated carbocycles. The molecule has 2 bridgehead atoms. The molecule has 0 aliphatic carbocycles. The van der Waals surface area contributed by atoms with Crippen LogP contribution in [0.2, 0.25) is 0 Å². The zero-order valence-corrected chi connectivity index (χ0v) is 21.2. The van der Waals surface area contributed by atoms with Gasteiger partial charge < -0.3 is 20.6 Å². The molecule has 1 aromatic rings. The average Bonchev–Trinajstić information content (AvgIpc) is 3.42. The topological polar surface area (TPSA) is 98.7 Å². The third kappa shape index (κ3) is 4.71. The lowest BCUT2D eigenvalue weighted by atomic mass is 9.70. The molecule has 3 aliphatic heterocycles. The van der Waals surface area contributed by atoms with Gasteiger partial charge in [0, 0.05) is 30.5 Å². The fourth-order valence-corrected chi connectivity index (χ4v) is 8.13. The number of hydrogen-bond donors (Lipinski definition) is 3. The SMILES string of the molecule is CC(C)(C)NC(=O)C1N(CCCCCO)C(=O)[C@@H]2[C@H](C(=O)NCc3ccccc3)[C@@H]3CCC12S3.